The molecule has 3 aliphatic carbocycles. The maximum Gasteiger partial charge on any atom is 0.380 e. The zero-order valence-electron chi connectivity index (χ0n) is 16.9. The molecule has 0 radical (unpaired) electrons. The van der Waals surface area contributed by atoms with Gasteiger partial charge in [0, 0.05) is 11.5 Å². The van der Waals surface area contributed by atoms with Crippen LogP contribution >= 0.6 is 0 Å². The highest BCUT2D eigenvalue weighted by atomic mass is 32.2. The number of hydrogen-bond acceptors (Lipinski definition) is 5. The lowest BCUT2D eigenvalue weighted by atomic mass is 9.52. The van der Waals surface area contributed by atoms with E-state index in [1.807, 2.05) is 0 Å². The molecule has 7 heteroatoms. The van der Waals surface area contributed by atoms with Crippen molar-refractivity contribution in [3.05, 3.63) is 40.2 Å². The summed E-state index contributed by atoms with van der Waals surface area (Å²) < 4.78 is 33.1. The van der Waals surface area contributed by atoms with Crippen LogP contribution in [0.4, 0.5) is 0 Å². The zero-order chi connectivity index (χ0) is 20.7. The molecule has 29 heavy (non-hydrogen) atoms. The van der Waals surface area contributed by atoms with Gasteiger partial charge in [0.05, 0.1) is 5.39 Å². The monoisotopic (exact) mass is 419 g/mol. The van der Waals surface area contributed by atoms with E-state index in [4.69, 9.17) is 9.56 Å². The quantitative estimate of drug-likeness (QED) is 0.664. The molecule has 1 aromatic heterocycles. The van der Waals surface area contributed by atoms with E-state index in [9.17, 15) is 13.2 Å². The van der Waals surface area contributed by atoms with Crippen molar-refractivity contribution in [2.24, 2.45) is 10.6 Å². The molecule has 2 aromatic rings. The minimum atomic E-state index is -4.14. The SMILES string of the molecule is CCCCCC12CCC(c3cc(=O)c4cc(OS(N)(=O)=O)ccc4o3)(CC1)CC2. The number of benzene rings is 1. The van der Waals surface area contributed by atoms with Gasteiger partial charge in [0.15, 0.2) is 5.43 Å². The lowest BCUT2D eigenvalue weighted by Gasteiger charge is -2.53. The summed E-state index contributed by atoms with van der Waals surface area (Å²) >= 11 is 0. The van der Waals surface area contributed by atoms with Crippen molar-refractivity contribution in [2.45, 2.75) is 76.5 Å². The van der Waals surface area contributed by atoms with Crippen LogP contribution in [0.2, 0.25) is 0 Å². The van der Waals surface area contributed by atoms with E-state index >= 15 is 0 Å². The van der Waals surface area contributed by atoms with Gasteiger partial charge in [-0.15, -0.1) is 0 Å². The van der Waals surface area contributed by atoms with Gasteiger partial charge in [-0.05, 0) is 68.6 Å². The molecule has 3 saturated carbocycles. The number of rotatable bonds is 7. The van der Waals surface area contributed by atoms with Gasteiger partial charge < -0.3 is 8.60 Å². The first kappa shape index (κ1) is 20.4. The topological polar surface area (TPSA) is 99.6 Å². The third kappa shape index (κ3) is 4.08. The minimum absolute atomic E-state index is 0.00501. The Hall–Kier alpha value is -1.86. The van der Waals surface area contributed by atoms with E-state index in [1.54, 1.807) is 12.1 Å². The van der Waals surface area contributed by atoms with Crippen LogP contribution in [0.1, 0.15) is 76.9 Å². The molecule has 2 N–H and O–H groups in total. The van der Waals surface area contributed by atoms with E-state index in [1.165, 1.54) is 57.1 Å². The standard InChI is InChI=1S/C22H29NO5S/c1-2-3-4-7-21-8-11-22(12-9-21,13-10-21)20-15-18(24)17-14-16(28-29(23,25)26)5-6-19(17)27-20/h5-6,14-15H,2-4,7-13H2,1H3,(H2,23,25,26). The van der Waals surface area contributed by atoms with E-state index in [2.05, 4.69) is 11.1 Å². The van der Waals surface area contributed by atoms with Crippen LogP contribution in [-0.4, -0.2) is 8.42 Å². The van der Waals surface area contributed by atoms with E-state index < -0.39 is 10.3 Å². The van der Waals surface area contributed by atoms with Gasteiger partial charge in [-0.1, -0.05) is 26.2 Å². The molecule has 5 rings (SSSR count). The van der Waals surface area contributed by atoms with Crippen LogP contribution < -0.4 is 14.8 Å². The molecule has 0 saturated heterocycles. The van der Waals surface area contributed by atoms with Crippen LogP contribution in [-0.2, 0) is 15.7 Å². The van der Waals surface area contributed by atoms with E-state index in [-0.39, 0.29) is 16.6 Å². The molecule has 6 nitrogen and oxygen atoms in total. The number of nitrogens with two attached hydrogens (primary N) is 1. The van der Waals surface area contributed by atoms with Gasteiger partial charge in [-0.2, -0.15) is 13.6 Å². The first-order valence-electron chi connectivity index (χ1n) is 10.5. The molecule has 1 aromatic carbocycles. The fraction of sp³-hybridized carbons (Fsp3) is 0.591. The van der Waals surface area contributed by atoms with Gasteiger partial charge in [-0.3, -0.25) is 4.79 Å². The maximum absolute atomic E-state index is 12.8. The van der Waals surface area contributed by atoms with Crippen molar-refractivity contribution in [3.63, 3.8) is 0 Å². The van der Waals surface area contributed by atoms with Crippen LogP contribution in [0, 0.1) is 5.41 Å². The summed E-state index contributed by atoms with van der Waals surface area (Å²) in [5, 5.41) is 5.21. The normalized spacial score (nSPS) is 26.7. The molecule has 0 atom stereocenters. The van der Waals surface area contributed by atoms with E-state index in [0.29, 0.717) is 16.4 Å². The first-order chi connectivity index (χ1) is 13.7. The molecule has 0 amide bonds. The third-order valence-electron chi connectivity index (χ3n) is 7.15. The molecule has 3 fully saturated rings. The van der Waals surface area contributed by atoms with Gasteiger partial charge in [0.1, 0.15) is 17.1 Å². The Kier molecular flexibility index (Phi) is 5.23. The van der Waals surface area contributed by atoms with Gasteiger partial charge in [-0.25, -0.2) is 0 Å². The Bertz CT molecular complexity index is 1050. The molecular weight excluding hydrogens is 390 g/mol. The molecule has 3 aliphatic rings. The van der Waals surface area contributed by atoms with Crippen LogP contribution in [0.25, 0.3) is 11.0 Å². The number of fused-ring (bicyclic) bond motifs is 4. The van der Waals surface area contributed by atoms with Crippen molar-refractivity contribution in [1.29, 1.82) is 0 Å². The van der Waals surface area contributed by atoms with Crippen molar-refractivity contribution in [2.75, 3.05) is 0 Å². The van der Waals surface area contributed by atoms with Crippen molar-refractivity contribution < 1.29 is 17.0 Å². The maximum atomic E-state index is 12.8. The summed E-state index contributed by atoms with van der Waals surface area (Å²) in [6, 6.07) is 6.00. The van der Waals surface area contributed by atoms with Gasteiger partial charge in [0.2, 0.25) is 0 Å². The molecule has 1 heterocycles. The molecular formula is C22H29NO5S. The molecule has 0 unspecified atom stereocenters. The molecule has 2 bridgehead atoms. The highest BCUT2D eigenvalue weighted by Crippen LogP contribution is 2.59. The fourth-order valence-electron chi connectivity index (χ4n) is 5.34. The first-order valence-corrected chi connectivity index (χ1v) is 12.0. The minimum Gasteiger partial charge on any atom is -0.460 e. The Balaban J connectivity index is 1.59. The van der Waals surface area contributed by atoms with Gasteiger partial charge >= 0.3 is 10.3 Å². The summed E-state index contributed by atoms with van der Waals surface area (Å²) in [7, 11) is -4.14. The number of hydrogen-bond donors (Lipinski definition) is 1. The van der Waals surface area contributed by atoms with Gasteiger partial charge in [0.25, 0.3) is 0 Å². The summed E-state index contributed by atoms with van der Waals surface area (Å²) in [6.45, 7) is 2.25. The Morgan fingerprint density at radius 3 is 2.38 bits per heavy atom. The zero-order valence-corrected chi connectivity index (χ0v) is 17.7. The molecule has 0 aliphatic heterocycles. The van der Waals surface area contributed by atoms with E-state index in [0.717, 1.165) is 25.0 Å². The summed E-state index contributed by atoms with van der Waals surface area (Å²) in [5.41, 5.74) is 0.721. The highest BCUT2D eigenvalue weighted by Gasteiger charge is 2.50. The van der Waals surface area contributed by atoms with Crippen molar-refractivity contribution in [1.82, 2.24) is 0 Å². The second-order valence-corrected chi connectivity index (χ2v) is 10.1. The second kappa shape index (κ2) is 7.43. The second-order valence-electron chi connectivity index (χ2n) is 8.95. The summed E-state index contributed by atoms with van der Waals surface area (Å²) in [5.74, 6) is 0.780. The Morgan fingerprint density at radius 2 is 1.76 bits per heavy atom. The van der Waals surface area contributed by atoms with Crippen LogP contribution in [0.15, 0.2) is 33.5 Å². The van der Waals surface area contributed by atoms with Crippen LogP contribution in [0.5, 0.6) is 5.75 Å². The Morgan fingerprint density at radius 1 is 1.07 bits per heavy atom. The lowest BCUT2D eigenvalue weighted by Crippen LogP contribution is -2.44. The van der Waals surface area contributed by atoms with Crippen molar-refractivity contribution >= 4 is 21.3 Å². The average molecular weight is 420 g/mol. The smallest absolute Gasteiger partial charge is 0.380 e. The molecule has 0 spiro atoms. The highest BCUT2D eigenvalue weighted by molar-refractivity contribution is 7.84. The van der Waals surface area contributed by atoms with Crippen LogP contribution in [0.3, 0.4) is 0 Å². The number of unbranched alkanes of at least 4 members (excludes halogenated alkanes) is 2. The summed E-state index contributed by atoms with van der Waals surface area (Å²) in [6.07, 6.45) is 12.0. The Labute approximate surface area is 171 Å². The largest absolute Gasteiger partial charge is 0.460 e. The predicted octanol–water partition coefficient (Wildman–Crippen LogP) is 4.55. The molecule has 158 valence electrons. The fourth-order valence-corrected chi connectivity index (χ4v) is 5.71. The third-order valence-corrected chi connectivity index (χ3v) is 7.57. The average Bonchev–Trinajstić information content (AvgIpc) is 2.69. The lowest BCUT2D eigenvalue weighted by molar-refractivity contribution is 0.0204. The van der Waals surface area contributed by atoms with Crippen molar-refractivity contribution in [3.8, 4) is 5.75 Å². The predicted molar refractivity (Wildman–Crippen MR) is 112 cm³/mol. The summed E-state index contributed by atoms with van der Waals surface area (Å²) in [4.78, 5) is 12.8.